The predicted molar refractivity (Wildman–Crippen MR) is 107 cm³/mol. The molecule has 2 N–H and O–H groups in total. The summed E-state index contributed by atoms with van der Waals surface area (Å²) in [5.41, 5.74) is 5.35. The largest absolute Gasteiger partial charge is 0.359 e. The fourth-order valence-corrected chi connectivity index (χ4v) is 3.27. The normalized spacial score (nSPS) is 15.7. The lowest BCUT2D eigenvalue weighted by atomic mass is 10.0. The highest BCUT2D eigenvalue weighted by molar-refractivity contribution is 9.10. The van der Waals surface area contributed by atoms with Gasteiger partial charge in [0.05, 0.1) is 5.56 Å². The number of fused-ring (bicyclic) bond motifs is 1. The molecule has 1 unspecified atom stereocenters. The molecule has 0 fully saturated rings. The van der Waals surface area contributed by atoms with E-state index in [9.17, 15) is 9.59 Å². The molecule has 5 nitrogen and oxygen atoms in total. The molecule has 1 heterocycles. The number of hydrazine groups is 1. The highest BCUT2D eigenvalue weighted by atomic mass is 79.9. The summed E-state index contributed by atoms with van der Waals surface area (Å²) in [5.74, 6) is -0.603. The minimum atomic E-state index is -0.520. The van der Waals surface area contributed by atoms with Gasteiger partial charge in [0.15, 0.2) is 0 Å². The first kappa shape index (κ1) is 17.3. The van der Waals surface area contributed by atoms with Crippen LogP contribution >= 0.6 is 15.9 Å². The van der Waals surface area contributed by atoms with Gasteiger partial charge in [-0.05, 0) is 42.0 Å². The van der Waals surface area contributed by atoms with Gasteiger partial charge in [-0.1, -0.05) is 58.4 Å². The summed E-state index contributed by atoms with van der Waals surface area (Å²) in [4.78, 5) is 25.8. The van der Waals surface area contributed by atoms with Gasteiger partial charge in [-0.25, -0.2) is 5.01 Å². The zero-order valence-corrected chi connectivity index (χ0v) is 15.8. The van der Waals surface area contributed by atoms with Gasteiger partial charge >= 0.3 is 0 Å². The third-order valence-electron chi connectivity index (χ3n) is 4.37. The minimum absolute atomic E-state index is 0.262. The van der Waals surface area contributed by atoms with Crippen LogP contribution in [0.4, 0.5) is 5.69 Å². The molecule has 1 aliphatic heterocycles. The number of carbonyl (C=O) groups excluding carboxylic acids is 2. The molecule has 0 saturated carbocycles. The second-order valence-electron chi connectivity index (χ2n) is 6.13. The Labute approximate surface area is 165 Å². The summed E-state index contributed by atoms with van der Waals surface area (Å²) >= 11 is 3.42. The first-order valence-electron chi connectivity index (χ1n) is 8.44. The molecule has 1 aliphatic rings. The van der Waals surface area contributed by atoms with E-state index >= 15 is 0 Å². The second kappa shape index (κ2) is 7.25. The number of amides is 2. The standard InChI is InChI=1S/C21H16BrN3O2/c22-16-12-10-14(11-13-16)19-23-18-9-5-4-8-17(18)21(27)25(19)24-20(26)15-6-2-1-3-7-15/h1-13,19,23H,(H,24,26). The number of halogens is 1. The molecule has 0 aromatic heterocycles. The number of nitrogens with one attached hydrogen (secondary N) is 2. The monoisotopic (exact) mass is 421 g/mol. The highest BCUT2D eigenvalue weighted by Crippen LogP contribution is 2.32. The zero-order valence-electron chi connectivity index (χ0n) is 14.2. The molecule has 2 amide bonds. The van der Waals surface area contributed by atoms with Crippen LogP contribution < -0.4 is 10.7 Å². The van der Waals surface area contributed by atoms with Crippen LogP contribution in [-0.2, 0) is 0 Å². The first-order valence-corrected chi connectivity index (χ1v) is 9.23. The molecule has 0 saturated heterocycles. The van der Waals surface area contributed by atoms with Gasteiger partial charge in [0.1, 0.15) is 6.17 Å². The van der Waals surface area contributed by atoms with Crippen LogP contribution in [0.15, 0.2) is 83.3 Å². The second-order valence-corrected chi connectivity index (χ2v) is 7.04. The van der Waals surface area contributed by atoms with Crippen LogP contribution in [-0.4, -0.2) is 16.8 Å². The molecule has 0 radical (unpaired) electrons. The number of anilines is 1. The molecule has 0 spiro atoms. The van der Waals surface area contributed by atoms with E-state index in [1.807, 2.05) is 42.5 Å². The summed E-state index contributed by atoms with van der Waals surface area (Å²) in [6, 6.07) is 23.7. The molecular weight excluding hydrogens is 406 g/mol. The van der Waals surface area contributed by atoms with Gasteiger partial charge in [-0.15, -0.1) is 0 Å². The molecule has 3 aromatic rings. The van der Waals surface area contributed by atoms with Crippen LogP contribution in [0.1, 0.15) is 32.4 Å². The molecule has 3 aromatic carbocycles. The number of nitrogens with zero attached hydrogens (tertiary/aromatic N) is 1. The van der Waals surface area contributed by atoms with Gasteiger partial charge in [0.2, 0.25) is 0 Å². The number of para-hydroxylation sites is 1. The molecule has 0 bridgehead atoms. The van der Waals surface area contributed by atoms with Crippen molar-refractivity contribution in [1.82, 2.24) is 10.4 Å². The van der Waals surface area contributed by atoms with E-state index in [-0.39, 0.29) is 11.8 Å². The minimum Gasteiger partial charge on any atom is -0.359 e. The summed E-state index contributed by atoms with van der Waals surface area (Å²) in [6.07, 6.45) is -0.520. The van der Waals surface area contributed by atoms with E-state index in [0.717, 1.165) is 15.7 Å². The van der Waals surface area contributed by atoms with Crippen molar-refractivity contribution in [3.63, 3.8) is 0 Å². The molecule has 0 aliphatic carbocycles. The van der Waals surface area contributed by atoms with Crippen LogP contribution in [0.5, 0.6) is 0 Å². The van der Waals surface area contributed by atoms with Crippen molar-refractivity contribution in [2.24, 2.45) is 0 Å². The Morgan fingerprint density at radius 2 is 1.59 bits per heavy atom. The number of hydrogen-bond acceptors (Lipinski definition) is 3. The first-order chi connectivity index (χ1) is 13.1. The Balaban J connectivity index is 1.71. The molecule has 4 rings (SSSR count). The number of benzene rings is 3. The molecule has 1 atom stereocenters. The summed E-state index contributed by atoms with van der Waals surface area (Å²) in [7, 11) is 0. The van der Waals surface area contributed by atoms with Crippen LogP contribution in [0.25, 0.3) is 0 Å². The maximum absolute atomic E-state index is 13.1. The Bertz CT molecular complexity index is 990. The van der Waals surface area contributed by atoms with Crippen molar-refractivity contribution in [2.45, 2.75) is 6.17 Å². The Hall–Kier alpha value is -3.12. The third-order valence-corrected chi connectivity index (χ3v) is 4.90. The highest BCUT2D eigenvalue weighted by Gasteiger charge is 2.34. The molecule has 134 valence electrons. The third kappa shape index (κ3) is 3.44. The average Bonchev–Trinajstić information content (AvgIpc) is 2.71. The van der Waals surface area contributed by atoms with E-state index in [1.54, 1.807) is 36.4 Å². The van der Waals surface area contributed by atoms with Crippen molar-refractivity contribution in [3.05, 3.63) is 100 Å². The predicted octanol–water partition coefficient (Wildman–Crippen LogP) is 4.36. The van der Waals surface area contributed by atoms with Gasteiger partial charge in [0, 0.05) is 15.7 Å². The molecular formula is C21H16BrN3O2. The van der Waals surface area contributed by atoms with Gasteiger partial charge in [-0.2, -0.15) is 0 Å². The number of rotatable bonds is 3. The molecule has 27 heavy (non-hydrogen) atoms. The number of carbonyl (C=O) groups is 2. The molecule has 6 heteroatoms. The Morgan fingerprint density at radius 3 is 2.33 bits per heavy atom. The Kier molecular flexibility index (Phi) is 4.64. The van der Waals surface area contributed by atoms with Crippen molar-refractivity contribution >= 4 is 33.4 Å². The lowest BCUT2D eigenvalue weighted by Crippen LogP contribution is -2.52. The van der Waals surface area contributed by atoms with Gasteiger partial charge in [0.25, 0.3) is 11.8 Å². The van der Waals surface area contributed by atoms with E-state index in [4.69, 9.17) is 0 Å². The summed E-state index contributed by atoms with van der Waals surface area (Å²) < 4.78 is 0.939. The van der Waals surface area contributed by atoms with E-state index < -0.39 is 6.17 Å². The van der Waals surface area contributed by atoms with Crippen molar-refractivity contribution in [1.29, 1.82) is 0 Å². The quantitative estimate of drug-likeness (QED) is 0.660. The summed E-state index contributed by atoms with van der Waals surface area (Å²) in [6.45, 7) is 0. The van der Waals surface area contributed by atoms with E-state index in [0.29, 0.717) is 11.1 Å². The van der Waals surface area contributed by atoms with Gasteiger partial charge in [-0.3, -0.25) is 15.0 Å². The fourth-order valence-electron chi connectivity index (χ4n) is 3.01. The fraction of sp³-hybridized carbons (Fsp3) is 0.0476. The average molecular weight is 422 g/mol. The van der Waals surface area contributed by atoms with Crippen molar-refractivity contribution in [2.75, 3.05) is 5.32 Å². The van der Waals surface area contributed by atoms with Crippen LogP contribution in [0.3, 0.4) is 0 Å². The smallest absolute Gasteiger partial charge is 0.276 e. The van der Waals surface area contributed by atoms with Crippen LogP contribution in [0.2, 0.25) is 0 Å². The maximum atomic E-state index is 13.1. The van der Waals surface area contributed by atoms with Crippen molar-refractivity contribution in [3.8, 4) is 0 Å². The number of hydrogen-bond donors (Lipinski definition) is 2. The van der Waals surface area contributed by atoms with Crippen LogP contribution in [0, 0.1) is 0 Å². The zero-order chi connectivity index (χ0) is 18.8. The summed E-state index contributed by atoms with van der Waals surface area (Å²) in [5, 5.41) is 4.69. The SMILES string of the molecule is O=C(NN1C(=O)c2ccccc2NC1c1ccc(Br)cc1)c1ccccc1. The topological polar surface area (TPSA) is 61.4 Å². The van der Waals surface area contributed by atoms with E-state index in [2.05, 4.69) is 26.7 Å². The lowest BCUT2D eigenvalue weighted by Gasteiger charge is -2.37. The van der Waals surface area contributed by atoms with Crippen molar-refractivity contribution < 1.29 is 9.59 Å². The lowest BCUT2D eigenvalue weighted by molar-refractivity contribution is 0.0491. The van der Waals surface area contributed by atoms with E-state index in [1.165, 1.54) is 5.01 Å². The van der Waals surface area contributed by atoms with Gasteiger partial charge < -0.3 is 5.32 Å². The Morgan fingerprint density at radius 1 is 0.926 bits per heavy atom. The maximum Gasteiger partial charge on any atom is 0.276 e.